The molecule has 4 nitrogen and oxygen atoms in total. The lowest BCUT2D eigenvalue weighted by Gasteiger charge is -2.07. The molecule has 74 valence electrons. The van der Waals surface area contributed by atoms with E-state index in [-0.39, 0.29) is 0 Å². The van der Waals surface area contributed by atoms with Gasteiger partial charge in [-0.05, 0) is 25.5 Å². The molecule has 0 radical (unpaired) electrons. The average molecular weight is 190 g/mol. The number of nitriles is 1. The molecule has 4 heteroatoms. The molecular formula is C10H14N4. The molecule has 3 N–H and O–H groups in total. The Kier molecular flexibility index (Phi) is 3.43. The van der Waals surface area contributed by atoms with Crippen molar-refractivity contribution in [3.05, 3.63) is 22.9 Å². The second kappa shape index (κ2) is 4.58. The van der Waals surface area contributed by atoms with Gasteiger partial charge in [0.2, 0.25) is 0 Å². The van der Waals surface area contributed by atoms with Gasteiger partial charge in [0.15, 0.2) is 0 Å². The summed E-state index contributed by atoms with van der Waals surface area (Å²) >= 11 is 0. The van der Waals surface area contributed by atoms with Gasteiger partial charge < -0.3 is 11.1 Å². The van der Waals surface area contributed by atoms with Gasteiger partial charge in [0.05, 0.1) is 11.3 Å². The lowest BCUT2D eigenvalue weighted by molar-refractivity contribution is 1.00. The van der Waals surface area contributed by atoms with Gasteiger partial charge in [-0.2, -0.15) is 5.26 Å². The van der Waals surface area contributed by atoms with Crippen LogP contribution in [0.25, 0.3) is 0 Å². The molecule has 0 atom stereocenters. The fourth-order valence-electron chi connectivity index (χ4n) is 1.29. The number of nitrogens with zero attached hydrogens (tertiary/aromatic N) is 2. The zero-order valence-corrected chi connectivity index (χ0v) is 8.46. The molecule has 0 aliphatic rings. The van der Waals surface area contributed by atoms with Crippen LogP contribution in [0.5, 0.6) is 0 Å². The largest absolute Gasteiger partial charge is 0.369 e. The minimum Gasteiger partial charge on any atom is -0.369 e. The molecule has 0 aliphatic heterocycles. The Morgan fingerprint density at radius 1 is 1.57 bits per heavy atom. The molecule has 0 bridgehead atoms. The number of anilines is 1. The summed E-state index contributed by atoms with van der Waals surface area (Å²) in [5, 5.41) is 11.9. The molecular weight excluding hydrogens is 176 g/mol. The monoisotopic (exact) mass is 190 g/mol. The molecule has 0 saturated carbocycles. The molecule has 0 amide bonds. The first-order valence-corrected chi connectivity index (χ1v) is 4.51. The van der Waals surface area contributed by atoms with Crippen LogP contribution < -0.4 is 11.1 Å². The molecule has 14 heavy (non-hydrogen) atoms. The van der Waals surface area contributed by atoms with E-state index in [0.717, 1.165) is 17.1 Å². The summed E-state index contributed by atoms with van der Waals surface area (Å²) < 4.78 is 0. The first-order valence-electron chi connectivity index (χ1n) is 4.51. The highest BCUT2D eigenvalue weighted by Crippen LogP contribution is 2.14. The van der Waals surface area contributed by atoms with E-state index in [4.69, 9.17) is 11.0 Å². The Morgan fingerprint density at radius 3 is 2.79 bits per heavy atom. The highest BCUT2D eigenvalue weighted by Gasteiger charge is 2.04. The normalized spacial score (nSPS) is 9.57. The highest BCUT2D eigenvalue weighted by atomic mass is 15.0. The van der Waals surface area contributed by atoms with Gasteiger partial charge >= 0.3 is 0 Å². The molecule has 0 aromatic carbocycles. The number of nitrogens with one attached hydrogen (secondary N) is 1. The van der Waals surface area contributed by atoms with Crippen LogP contribution in [0.1, 0.15) is 16.8 Å². The summed E-state index contributed by atoms with van der Waals surface area (Å²) in [4.78, 5) is 4.25. The van der Waals surface area contributed by atoms with E-state index in [9.17, 15) is 0 Å². The first-order chi connectivity index (χ1) is 6.69. The maximum absolute atomic E-state index is 8.84. The molecule has 1 heterocycles. The molecule has 1 rings (SSSR count). The lowest BCUT2D eigenvalue weighted by atomic mass is 10.1. The summed E-state index contributed by atoms with van der Waals surface area (Å²) in [6, 6.07) is 3.99. The average Bonchev–Trinajstić information content (AvgIpc) is 2.14. The zero-order chi connectivity index (χ0) is 10.6. The number of nitrogens with two attached hydrogens (primary N) is 1. The number of hydrogen-bond donors (Lipinski definition) is 2. The van der Waals surface area contributed by atoms with Crippen LogP contribution in [-0.4, -0.2) is 18.1 Å². The Labute approximate surface area is 83.8 Å². The highest BCUT2D eigenvalue weighted by molar-refractivity contribution is 5.48. The quantitative estimate of drug-likeness (QED) is 0.743. The van der Waals surface area contributed by atoms with Crippen molar-refractivity contribution in [3.8, 4) is 6.07 Å². The van der Waals surface area contributed by atoms with Crippen molar-refractivity contribution >= 4 is 5.82 Å². The van der Waals surface area contributed by atoms with E-state index in [1.165, 1.54) is 0 Å². The van der Waals surface area contributed by atoms with E-state index in [1.54, 1.807) is 0 Å². The van der Waals surface area contributed by atoms with Crippen molar-refractivity contribution < 1.29 is 0 Å². The van der Waals surface area contributed by atoms with Crippen molar-refractivity contribution in [3.63, 3.8) is 0 Å². The molecule has 1 aromatic rings. The van der Waals surface area contributed by atoms with Crippen LogP contribution in [0.4, 0.5) is 5.82 Å². The van der Waals surface area contributed by atoms with Crippen LogP contribution in [0, 0.1) is 25.2 Å². The van der Waals surface area contributed by atoms with Crippen molar-refractivity contribution in [2.45, 2.75) is 13.8 Å². The second-order valence-corrected chi connectivity index (χ2v) is 3.11. The first kappa shape index (κ1) is 10.5. The minimum absolute atomic E-state index is 0.569. The number of pyridine rings is 1. The molecule has 0 spiro atoms. The van der Waals surface area contributed by atoms with E-state index < -0.39 is 0 Å². The molecule has 0 unspecified atom stereocenters. The smallest absolute Gasteiger partial charge is 0.126 e. The van der Waals surface area contributed by atoms with Gasteiger partial charge in [-0.1, -0.05) is 0 Å². The summed E-state index contributed by atoms with van der Waals surface area (Å²) in [5.41, 5.74) is 7.72. The lowest BCUT2D eigenvalue weighted by Crippen LogP contribution is -2.14. The van der Waals surface area contributed by atoms with Crippen LogP contribution in [0.3, 0.4) is 0 Å². The van der Waals surface area contributed by atoms with Crippen molar-refractivity contribution in [1.29, 1.82) is 5.26 Å². The van der Waals surface area contributed by atoms with Gasteiger partial charge in [-0.3, -0.25) is 0 Å². The van der Waals surface area contributed by atoms with Crippen LogP contribution in [0.15, 0.2) is 6.07 Å². The number of aromatic nitrogens is 1. The maximum atomic E-state index is 8.84. The zero-order valence-electron chi connectivity index (χ0n) is 8.46. The Hall–Kier alpha value is -1.60. The van der Waals surface area contributed by atoms with Gasteiger partial charge in [0.25, 0.3) is 0 Å². The molecule has 0 aliphatic carbocycles. The van der Waals surface area contributed by atoms with E-state index >= 15 is 0 Å². The van der Waals surface area contributed by atoms with Crippen LogP contribution in [-0.2, 0) is 0 Å². The van der Waals surface area contributed by atoms with Gasteiger partial charge in [0.1, 0.15) is 11.9 Å². The second-order valence-electron chi connectivity index (χ2n) is 3.11. The third kappa shape index (κ3) is 2.21. The Balaban J connectivity index is 2.97. The maximum Gasteiger partial charge on any atom is 0.126 e. The van der Waals surface area contributed by atoms with Crippen molar-refractivity contribution in [2.24, 2.45) is 5.73 Å². The van der Waals surface area contributed by atoms with Gasteiger partial charge in [0, 0.05) is 13.1 Å². The topological polar surface area (TPSA) is 74.7 Å². The fraction of sp³-hybridized carbons (Fsp3) is 0.400. The third-order valence-corrected chi connectivity index (χ3v) is 1.96. The summed E-state index contributed by atoms with van der Waals surface area (Å²) in [6.07, 6.45) is 0. The number of rotatable bonds is 3. The van der Waals surface area contributed by atoms with Gasteiger partial charge in [-0.15, -0.1) is 0 Å². The van der Waals surface area contributed by atoms with E-state index in [1.807, 2.05) is 19.9 Å². The molecule has 1 aromatic heterocycles. The summed E-state index contributed by atoms with van der Waals surface area (Å²) in [7, 11) is 0. The number of hydrogen-bond acceptors (Lipinski definition) is 4. The van der Waals surface area contributed by atoms with Gasteiger partial charge in [-0.25, -0.2) is 4.98 Å². The fourth-order valence-corrected chi connectivity index (χ4v) is 1.29. The third-order valence-electron chi connectivity index (χ3n) is 1.96. The van der Waals surface area contributed by atoms with Crippen LogP contribution in [0.2, 0.25) is 0 Å². The molecule has 0 fully saturated rings. The van der Waals surface area contributed by atoms with Crippen LogP contribution >= 0.6 is 0 Å². The molecule has 0 saturated heterocycles. The van der Waals surface area contributed by atoms with Crippen molar-refractivity contribution in [2.75, 3.05) is 18.4 Å². The standard InChI is InChI=1S/C10H14N4/c1-7-5-10(13-4-3-11)14-8(2)9(7)6-12/h5H,3-4,11H2,1-2H3,(H,13,14). The minimum atomic E-state index is 0.569. The predicted octanol–water partition coefficient (Wildman–Crippen LogP) is 0.941. The van der Waals surface area contributed by atoms with Crippen molar-refractivity contribution in [1.82, 2.24) is 4.98 Å². The Bertz CT molecular complexity index is 342. The number of aryl methyl sites for hydroxylation is 2. The SMILES string of the molecule is Cc1cc(NCCN)nc(C)c1C#N. The summed E-state index contributed by atoms with van der Waals surface area (Å²) in [6.45, 7) is 5.00. The van der Waals surface area contributed by atoms with E-state index in [2.05, 4.69) is 16.4 Å². The van der Waals surface area contributed by atoms with E-state index in [0.29, 0.717) is 18.7 Å². The predicted molar refractivity (Wildman–Crippen MR) is 56.0 cm³/mol. The summed E-state index contributed by atoms with van der Waals surface area (Å²) in [5.74, 6) is 0.782. The Morgan fingerprint density at radius 2 is 2.29 bits per heavy atom.